The molecule has 0 aliphatic carbocycles. The molecular formula is C21H20N2O2S. The SMILES string of the molecule is COc1ccc2cc(CN(C)Cc3cc(-c4cccs4)on3)ccc2c1. The van der Waals surface area contributed by atoms with Gasteiger partial charge in [0.25, 0.3) is 0 Å². The molecule has 0 atom stereocenters. The third-order valence-electron chi connectivity index (χ3n) is 4.32. The highest BCUT2D eigenvalue weighted by Gasteiger charge is 2.10. The Hall–Kier alpha value is -2.63. The number of ether oxygens (including phenoxy) is 1. The van der Waals surface area contributed by atoms with Gasteiger partial charge < -0.3 is 9.26 Å². The van der Waals surface area contributed by atoms with Gasteiger partial charge in [0.1, 0.15) is 5.75 Å². The van der Waals surface area contributed by atoms with Crippen molar-refractivity contribution in [3.63, 3.8) is 0 Å². The van der Waals surface area contributed by atoms with E-state index >= 15 is 0 Å². The van der Waals surface area contributed by atoms with E-state index in [0.29, 0.717) is 0 Å². The molecule has 0 radical (unpaired) electrons. The van der Waals surface area contributed by atoms with E-state index in [2.05, 4.69) is 47.4 Å². The van der Waals surface area contributed by atoms with Gasteiger partial charge in [-0.1, -0.05) is 29.4 Å². The van der Waals surface area contributed by atoms with Crippen LogP contribution in [0.15, 0.2) is 64.5 Å². The molecule has 5 heteroatoms. The molecule has 0 fully saturated rings. The first-order chi connectivity index (χ1) is 12.7. The Morgan fingerprint density at radius 2 is 1.88 bits per heavy atom. The Morgan fingerprint density at radius 1 is 1.04 bits per heavy atom. The predicted molar refractivity (Wildman–Crippen MR) is 105 cm³/mol. The van der Waals surface area contributed by atoms with Crippen molar-refractivity contribution < 1.29 is 9.26 Å². The van der Waals surface area contributed by atoms with Gasteiger partial charge in [0.05, 0.1) is 17.7 Å². The lowest BCUT2D eigenvalue weighted by molar-refractivity contribution is 0.304. The van der Waals surface area contributed by atoms with Crippen molar-refractivity contribution >= 4 is 22.1 Å². The molecule has 4 nitrogen and oxygen atoms in total. The minimum atomic E-state index is 0.746. The molecule has 0 aliphatic heterocycles. The second-order valence-corrected chi connectivity index (χ2v) is 7.33. The van der Waals surface area contributed by atoms with E-state index < -0.39 is 0 Å². The van der Waals surface area contributed by atoms with Crippen molar-refractivity contribution in [3.8, 4) is 16.4 Å². The Kier molecular flexibility index (Phi) is 4.73. The molecule has 4 aromatic rings. The Labute approximate surface area is 156 Å². The van der Waals surface area contributed by atoms with Crippen molar-refractivity contribution in [3.05, 3.63) is 71.2 Å². The zero-order chi connectivity index (χ0) is 17.9. The van der Waals surface area contributed by atoms with E-state index in [4.69, 9.17) is 9.26 Å². The summed E-state index contributed by atoms with van der Waals surface area (Å²) in [5, 5.41) is 8.65. The number of hydrogen-bond acceptors (Lipinski definition) is 5. The fourth-order valence-electron chi connectivity index (χ4n) is 3.06. The van der Waals surface area contributed by atoms with Gasteiger partial charge in [-0.3, -0.25) is 4.90 Å². The number of methoxy groups -OCH3 is 1. The molecule has 0 saturated heterocycles. The number of benzene rings is 2. The van der Waals surface area contributed by atoms with Crippen LogP contribution in [0.25, 0.3) is 21.4 Å². The average molecular weight is 364 g/mol. The van der Waals surface area contributed by atoms with E-state index in [1.807, 2.05) is 29.6 Å². The van der Waals surface area contributed by atoms with Crippen LogP contribution < -0.4 is 4.74 Å². The Balaban J connectivity index is 1.44. The summed E-state index contributed by atoms with van der Waals surface area (Å²) in [5.74, 6) is 1.72. The van der Waals surface area contributed by atoms with Crippen LogP contribution in [0.1, 0.15) is 11.3 Å². The van der Waals surface area contributed by atoms with Gasteiger partial charge >= 0.3 is 0 Å². The van der Waals surface area contributed by atoms with Gasteiger partial charge in [-0.15, -0.1) is 11.3 Å². The topological polar surface area (TPSA) is 38.5 Å². The highest BCUT2D eigenvalue weighted by atomic mass is 32.1. The zero-order valence-corrected chi connectivity index (χ0v) is 15.6. The highest BCUT2D eigenvalue weighted by molar-refractivity contribution is 7.13. The third-order valence-corrected chi connectivity index (χ3v) is 5.20. The van der Waals surface area contributed by atoms with Crippen LogP contribution in [0.3, 0.4) is 0 Å². The van der Waals surface area contributed by atoms with Gasteiger partial charge in [-0.2, -0.15) is 0 Å². The monoisotopic (exact) mass is 364 g/mol. The quantitative estimate of drug-likeness (QED) is 0.471. The summed E-state index contributed by atoms with van der Waals surface area (Å²) in [4.78, 5) is 3.34. The normalized spacial score (nSPS) is 11.3. The first-order valence-electron chi connectivity index (χ1n) is 8.46. The molecule has 0 unspecified atom stereocenters. The average Bonchev–Trinajstić information content (AvgIpc) is 3.32. The van der Waals surface area contributed by atoms with Crippen molar-refractivity contribution in [2.75, 3.05) is 14.2 Å². The molecule has 0 spiro atoms. The van der Waals surface area contributed by atoms with Crippen molar-refractivity contribution in [1.29, 1.82) is 0 Å². The number of rotatable bonds is 6. The summed E-state index contributed by atoms with van der Waals surface area (Å²) in [6, 6.07) is 18.8. The fourth-order valence-corrected chi connectivity index (χ4v) is 3.74. The summed E-state index contributed by atoms with van der Waals surface area (Å²) in [5.41, 5.74) is 2.22. The predicted octanol–water partition coefficient (Wildman–Crippen LogP) is 5.20. The van der Waals surface area contributed by atoms with Crippen LogP contribution in [0.5, 0.6) is 5.75 Å². The van der Waals surface area contributed by atoms with E-state index in [1.54, 1.807) is 18.4 Å². The number of fused-ring (bicyclic) bond motifs is 1. The van der Waals surface area contributed by atoms with Crippen LogP contribution in [-0.2, 0) is 13.1 Å². The van der Waals surface area contributed by atoms with E-state index in [9.17, 15) is 0 Å². The Bertz CT molecular complexity index is 1010. The van der Waals surface area contributed by atoms with Gasteiger partial charge in [0.2, 0.25) is 0 Å². The highest BCUT2D eigenvalue weighted by Crippen LogP contribution is 2.26. The van der Waals surface area contributed by atoms with Crippen LogP contribution in [0, 0.1) is 0 Å². The van der Waals surface area contributed by atoms with Gasteiger partial charge in [0, 0.05) is 19.2 Å². The first-order valence-corrected chi connectivity index (χ1v) is 9.34. The maximum absolute atomic E-state index is 5.46. The van der Waals surface area contributed by atoms with Gasteiger partial charge in [0.15, 0.2) is 5.76 Å². The molecule has 2 aromatic carbocycles. The number of nitrogens with zero attached hydrogens (tertiary/aromatic N) is 2. The summed E-state index contributed by atoms with van der Waals surface area (Å²) < 4.78 is 10.8. The number of hydrogen-bond donors (Lipinski definition) is 0. The Morgan fingerprint density at radius 3 is 2.69 bits per heavy atom. The molecule has 4 rings (SSSR count). The summed E-state index contributed by atoms with van der Waals surface area (Å²) in [7, 11) is 3.79. The standard InChI is InChI=1S/C21H20N2O2S/c1-23(14-18-12-20(25-22-18)21-4-3-9-26-21)13-15-5-6-17-11-19(24-2)8-7-16(17)10-15/h3-12H,13-14H2,1-2H3. The minimum Gasteiger partial charge on any atom is -0.497 e. The zero-order valence-electron chi connectivity index (χ0n) is 14.8. The van der Waals surface area contributed by atoms with Crippen molar-refractivity contribution in [2.24, 2.45) is 0 Å². The fraction of sp³-hybridized carbons (Fsp3) is 0.190. The summed E-state index contributed by atoms with van der Waals surface area (Å²) >= 11 is 1.66. The lowest BCUT2D eigenvalue weighted by atomic mass is 10.1. The van der Waals surface area contributed by atoms with Crippen LogP contribution in [0.2, 0.25) is 0 Å². The van der Waals surface area contributed by atoms with Crippen LogP contribution in [0.4, 0.5) is 0 Å². The minimum absolute atomic E-state index is 0.746. The molecule has 0 amide bonds. The lowest BCUT2D eigenvalue weighted by Crippen LogP contribution is -2.17. The number of thiophene rings is 1. The largest absolute Gasteiger partial charge is 0.497 e. The third kappa shape index (κ3) is 3.64. The maximum Gasteiger partial charge on any atom is 0.177 e. The van der Waals surface area contributed by atoms with E-state index in [1.165, 1.54) is 16.3 Å². The molecule has 2 heterocycles. The first kappa shape index (κ1) is 16.8. The second kappa shape index (κ2) is 7.32. The molecule has 0 N–H and O–H groups in total. The molecule has 0 bridgehead atoms. The summed E-state index contributed by atoms with van der Waals surface area (Å²) in [6.07, 6.45) is 0. The van der Waals surface area contributed by atoms with Crippen LogP contribution >= 0.6 is 11.3 Å². The lowest BCUT2D eigenvalue weighted by Gasteiger charge is -2.15. The molecule has 26 heavy (non-hydrogen) atoms. The maximum atomic E-state index is 5.46. The molecule has 0 aliphatic rings. The van der Waals surface area contributed by atoms with Crippen LogP contribution in [-0.4, -0.2) is 24.2 Å². The summed E-state index contributed by atoms with van der Waals surface area (Å²) in [6.45, 7) is 1.60. The van der Waals surface area contributed by atoms with Crippen molar-refractivity contribution in [1.82, 2.24) is 10.1 Å². The van der Waals surface area contributed by atoms with Crippen molar-refractivity contribution in [2.45, 2.75) is 13.1 Å². The molecular weight excluding hydrogens is 344 g/mol. The molecule has 0 saturated carbocycles. The van der Waals surface area contributed by atoms with Gasteiger partial charge in [-0.25, -0.2) is 0 Å². The second-order valence-electron chi connectivity index (χ2n) is 6.38. The molecule has 132 valence electrons. The van der Waals surface area contributed by atoms with E-state index in [-0.39, 0.29) is 0 Å². The van der Waals surface area contributed by atoms with Gasteiger partial charge in [-0.05, 0) is 53.0 Å². The molecule has 2 aromatic heterocycles. The smallest absolute Gasteiger partial charge is 0.177 e. The number of aromatic nitrogens is 1. The van der Waals surface area contributed by atoms with E-state index in [0.717, 1.165) is 35.2 Å².